The van der Waals surface area contributed by atoms with Crippen LogP contribution < -0.4 is 5.32 Å². The topological polar surface area (TPSA) is 29.1 Å². The monoisotopic (exact) mass is 223 g/mol. The molecule has 1 heterocycles. The van der Waals surface area contributed by atoms with Crippen LogP contribution in [0, 0.1) is 17.8 Å². The van der Waals surface area contributed by atoms with Crippen molar-refractivity contribution in [2.45, 2.75) is 51.9 Å². The number of carbonyl (C=O) groups is 1. The van der Waals surface area contributed by atoms with E-state index in [0.717, 1.165) is 31.8 Å². The number of nitrogens with one attached hydrogen (secondary N) is 1. The Labute approximate surface area is 99.2 Å². The van der Waals surface area contributed by atoms with Crippen molar-refractivity contribution in [2.75, 3.05) is 13.1 Å². The van der Waals surface area contributed by atoms with Crippen LogP contribution >= 0.6 is 0 Å². The van der Waals surface area contributed by atoms with Crippen molar-refractivity contribution >= 4 is 5.78 Å². The molecule has 0 aromatic heterocycles. The van der Waals surface area contributed by atoms with E-state index < -0.39 is 0 Å². The van der Waals surface area contributed by atoms with Crippen molar-refractivity contribution < 1.29 is 4.79 Å². The molecule has 2 aliphatic rings. The summed E-state index contributed by atoms with van der Waals surface area (Å²) in [7, 11) is 0. The summed E-state index contributed by atoms with van der Waals surface area (Å²) in [4.78, 5) is 12.3. The lowest BCUT2D eigenvalue weighted by atomic mass is 9.75. The molecule has 0 bridgehead atoms. The van der Waals surface area contributed by atoms with Crippen LogP contribution in [0.2, 0.25) is 0 Å². The van der Waals surface area contributed by atoms with Crippen LogP contribution in [-0.4, -0.2) is 18.9 Å². The molecule has 0 unspecified atom stereocenters. The lowest BCUT2D eigenvalue weighted by Crippen LogP contribution is -2.35. The lowest BCUT2D eigenvalue weighted by molar-refractivity contribution is -0.128. The van der Waals surface area contributed by atoms with Gasteiger partial charge in [-0.3, -0.25) is 4.79 Å². The van der Waals surface area contributed by atoms with E-state index in [9.17, 15) is 4.79 Å². The number of hydrogen-bond donors (Lipinski definition) is 1. The molecule has 0 atom stereocenters. The van der Waals surface area contributed by atoms with Crippen LogP contribution in [0.4, 0.5) is 0 Å². The van der Waals surface area contributed by atoms with Crippen LogP contribution in [0.15, 0.2) is 0 Å². The molecule has 1 saturated carbocycles. The van der Waals surface area contributed by atoms with Gasteiger partial charge in [-0.05, 0) is 57.5 Å². The molecule has 1 N–H and O–H groups in total. The number of carbonyl (C=O) groups excluding carboxylic acids is 1. The minimum Gasteiger partial charge on any atom is -0.317 e. The highest BCUT2D eigenvalue weighted by atomic mass is 16.1. The van der Waals surface area contributed by atoms with E-state index in [1.807, 2.05) is 0 Å². The van der Waals surface area contributed by atoms with E-state index in [4.69, 9.17) is 0 Å². The van der Waals surface area contributed by atoms with Crippen LogP contribution in [0.25, 0.3) is 0 Å². The van der Waals surface area contributed by atoms with Gasteiger partial charge in [0.15, 0.2) is 0 Å². The molecule has 1 saturated heterocycles. The maximum absolute atomic E-state index is 12.3. The largest absolute Gasteiger partial charge is 0.317 e. The molecule has 0 radical (unpaired) electrons. The van der Waals surface area contributed by atoms with Crippen LogP contribution in [0.5, 0.6) is 0 Å². The van der Waals surface area contributed by atoms with E-state index >= 15 is 0 Å². The highest BCUT2D eigenvalue weighted by Crippen LogP contribution is 2.33. The third-order valence-corrected chi connectivity index (χ3v) is 4.57. The zero-order valence-corrected chi connectivity index (χ0v) is 10.5. The molecule has 0 spiro atoms. The summed E-state index contributed by atoms with van der Waals surface area (Å²) in [6.07, 6.45) is 8.37. The number of ketones is 1. The third-order valence-electron chi connectivity index (χ3n) is 4.57. The Morgan fingerprint density at radius 2 is 1.56 bits per heavy atom. The fourth-order valence-electron chi connectivity index (χ4n) is 3.29. The molecule has 2 heteroatoms. The third kappa shape index (κ3) is 2.85. The second kappa shape index (κ2) is 5.81. The van der Waals surface area contributed by atoms with Crippen molar-refractivity contribution in [1.29, 1.82) is 0 Å². The smallest absolute Gasteiger partial charge is 0.139 e. The molecule has 92 valence electrons. The fourth-order valence-corrected chi connectivity index (χ4v) is 3.29. The number of hydrogen-bond acceptors (Lipinski definition) is 2. The van der Waals surface area contributed by atoms with Gasteiger partial charge in [-0.15, -0.1) is 0 Å². The summed E-state index contributed by atoms with van der Waals surface area (Å²) in [5.74, 6) is 2.28. The Balaban J connectivity index is 1.81. The minimum atomic E-state index is 0.379. The summed E-state index contributed by atoms with van der Waals surface area (Å²) in [5, 5.41) is 3.34. The van der Waals surface area contributed by atoms with Crippen molar-refractivity contribution in [2.24, 2.45) is 17.8 Å². The molecule has 2 rings (SSSR count). The molecule has 2 fully saturated rings. The summed E-state index contributed by atoms with van der Waals surface area (Å²) in [6.45, 7) is 4.36. The average molecular weight is 223 g/mol. The van der Waals surface area contributed by atoms with Gasteiger partial charge in [0.2, 0.25) is 0 Å². The Morgan fingerprint density at radius 1 is 1.00 bits per heavy atom. The maximum atomic E-state index is 12.3. The summed E-state index contributed by atoms with van der Waals surface area (Å²) in [5.41, 5.74) is 0. The molecule has 16 heavy (non-hydrogen) atoms. The van der Waals surface area contributed by atoms with Crippen LogP contribution in [0.3, 0.4) is 0 Å². The molecular formula is C14H25NO. The Bertz CT molecular complexity index is 225. The second-order valence-electron chi connectivity index (χ2n) is 5.55. The number of rotatable bonds is 3. The molecule has 0 amide bonds. The van der Waals surface area contributed by atoms with Gasteiger partial charge in [0.1, 0.15) is 5.78 Å². The van der Waals surface area contributed by atoms with E-state index in [1.54, 1.807) is 0 Å². The Kier molecular flexibility index (Phi) is 4.39. The summed E-state index contributed by atoms with van der Waals surface area (Å²) >= 11 is 0. The average Bonchev–Trinajstić information content (AvgIpc) is 2.39. The minimum absolute atomic E-state index is 0.379. The zero-order chi connectivity index (χ0) is 11.4. The highest BCUT2D eigenvalue weighted by molar-refractivity contribution is 5.83. The predicted octanol–water partition coefficient (Wildman–Crippen LogP) is 2.77. The summed E-state index contributed by atoms with van der Waals surface area (Å²) in [6, 6.07) is 0. The van der Waals surface area contributed by atoms with Gasteiger partial charge in [0, 0.05) is 11.8 Å². The van der Waals surface area contributed by atoms with Crippen molar-refractivity contribution in [3.05, 3.63) is 0 Å². The first-order chi connectivity index (χ1) is 7.81. The highest BCUT2D eigenvalue weighted by Gasteiger charge is 2.30. The molecule has 0 aromatic rings. The van der Waals surface area contributed by atoms with Crippen molar-refractivity contribution in [3.63, 3.8) is 0 Å². The Hall–Kier alpha value is -0.370. The SMILES string of the molecule is CCC1CCC(C(=O)C2CCNCC2)CC1. The zero-order valence-electron chi connectivity index (χ0n) is 10.5. The van der Waals surface area contributed by atoms with Gasteiger partial charge in [0.25, 0.3) is 0 Å². The molecule has 1 aliphatic carbocycles. The lowest BCUT2D eigenvalue weighted by Gasteiger charge is -2.31. The van der Waals surface area contributed by atoms with Crippen LogP contribution in [0.1, 0.15) is 51.9 Å². The molecule has 2 nitrogen and oxygen atoms in total. The van der Waals surface area contributed by atoms with Gasteiger partial charge < -0.3 is 5.32 Å². The second-order valence-corrected chi connectivity index (χ2v) is 5.55. The maximum Gasteiger partial charge on any atom is 0.139 e. The van der Waals surface area contributed by atoms with E-state index in [1.165, 1.54) is 32.1 Å². The first kappa shape index (κ1) is 12.1. The molecular weight excluding hydrogens is 198 g/mol. The van der Waals surface area contributed by atoms with Crippen molar-refractivity contribution in [3.8, 4) is 0 Å². The van der Waals surface area contributed by atoms with E-state index in [-0.39, 0.29) is 0 Å². The van der Waals surface area contributed by atoms with Gasteiger partial charge in [-0.1, -0.05) is 13.3 Å². The first-order valence-electron chi connectivity index (χ1n) is 7.05. The molecule has 1 aliphatic heterocycles. The predicted molar refractivity (Wildman–Crippen MR) is 66.3 cm³/mol. The number of Topliss-reactive ketones (excluding diaryl/α,β-unsaturated/α-hetero) is 1. The van der Waals surface area contributed by atoms with E-state index in [2.05, 4.69) is 12.2 Å². The van der Waals surface area contributed by atoms with Crippen LogP contribution in [-0.2, 0) is 4.79 Å². The van der Waals surface area contributed by atoms with Gasteiger partial charge >= 0.3 is 0 Å². The van der Waals surface area contributed by atoms with E-state index in [0.29, 0.717) is 17.6 Å². The van der Waals surface area contributed by atoms with Crippen molar-refractivity contribution in [1.82, 2.24) is 5.32 Å². The molecule has 0 aromatic carbocycles. The van der Waals surface area contributed by atoms with Gasteiger partial charge in [-0.2, -0.15) is 0 Å². The van der Waals surface area contributed by atoms with Gasteiger partial charge in [0.05, 0.1) is 0 Å². The first-order valence-corrected chi connectivity index (χ1v) is 7.05. The Morgan fingerprint density at radius 3 is 2.12 bits per heavy atom. The quantitative estimate of drug-likeness (QED) is 0.797. The summed E-state index contributed by atoms with van der Waals surface area (Å²) < 4.78 is 0. The fraction of sp³-hybridized carbons (Fsp3) is 0.929. The van der Waals surface area contributed by atoms with Gasteiger partial charge in [-0.25, -0.2) is 0 Å². The number of piperidine rings is 1. The normalized spacial score (nSPS) is 32.6. The standard InChI is InChI=1S/C14H25NO/c1-2-11-3-5-12(6-4-11)14(16)13-7-9-15-10-8-13/h11-13,15H,2-10H2,1H3.